The highest BCUT2D eigenvalue weighted by Crippen LogP contribution is 2.02. The SMILES string of the molecule is [C-]#[N+]C(C)C(=O)OCc1ccccc1. The lowest BCUT2D eigenvalue weighted by atomic mass is 10.2. The summed E-state index contributed by atoms with van der Waals surface area (Å²) in [6, 6.07) is 8.68. The van der Waals surface area contributed by atoms with Crippen LogP contribution in [0.5, 0.6) is 0 Å². The molecule has 0 heterocycles. The van der Waals surface area contributed by atoms with Gasteiger partial charge >= 0.3 is 12.0 Å². The number of benzene rings is 1. The molecule has 14 heavy (non-hydrogen) atoms. The Morgan fingerprint density at radius 1 is 1.50 bits per heavy atom. The molecule has 1 rings (SSSR count). The van der Waals surface area contributed by atoms with Gasteiger partial charge in [-0.05, 0) is 5.56 Å². The van der Waals surface area contributed by atoms with E-state index in [4.69, 9.17) is 11.3 Å². The summed E-state index contributed by atoms with van der Waals surface area (Å²) in [6.07, 6.45) is 0. The Hall–Kier alpha value is -1.82. The molecule has 0 bridgehead atoms. The van der Waals surface area contributed by atoms with Gasteiger partial charge in [0.2, 0.25) is 0 Å². The van der Waals surface area contributed by atoms with Crippen LogP contribution in [0.4, 0.5) is 0 Å². The number of carbonyl (C=O) groups is 1. The zero-order chi connectivity index (χ0) is 10.4. The van der Waals surface area contributed by atoms with E-state index in [0.29, 0.717) is 0 Å². The van der Waals surface area contributed by atoms with Crippen molar-refractivity contribution in [3.8, 4) is 0 Å². The summed E-state index contributed by atoms with van der Waals surface area (Å²) in [6.45, 7) is 8.41. The molecule has 1 atom stereocenters. The van der Waals surface area contributed by atoms with Crippen LogP contribution < -0.4 is 0 Å². The van der Waals surface area contributed by atoms with Crippen molar-refractivity contribution >= 4 is 5.97 Å². The summed E-state index contributed by atoms with van der Waals surface area (Å²) in [5.74, 6) is -0.469. The monoisotopic (exact) mass is 189 g/mol. The molecule has 0 spiro atoms. The topological polar surface area (TPSA) is 30.7 Å². The third kappa shape index (κ3) is 2.91. The van der Waals surface area contributed by atoms with Gasteiger partial charge in [-0.15, -0.1) is 0 Å². The summed E-state index contributed by atoms with van der Waals surface area (Å²) >= 11 is 0. The van der Waals surface area contributed by atoms with E-state index in [1.807, 2.05) is 30.3 Å². The van der Waals surface area contributed by atoms with Gasteiger partial charge < -0.3 is 9.58 Å². The van der Waals surface area contributed by atoms with E-state index in [1.165, 1.54) is 6.92 Å². The highest BCUT2D eigenvalue weighted by atomic mass is 16.5. The van der Waals surface area contributed by atoms with Gasteiger partial charge in [-0.1, -0.05) is 30.3 Å². The Labute approximate surface area is 83.1 Å². The summed E-state index contributed by atoms with van der Waals surface area (Å²) in [5, 5.41) is 0. The predicted molar refractivity (Wildman–Crippen MR) is 52.3 cm³/mol. The minimum atomic E-state index is -0.710. The molecule has 3 heteroatoms. The van der Waals surface area contributed by atoms with Crippen molar-refractivity contribution in [3.63, 3.8) is 0 Å². The number of carbonyl (C=O) groups excluding carboxylic acids is 1. The van der Waals surface area contributed by atoms with Crippen molar-refractivity contribution in [3.05, 3.63) is 47.3 Å². The second-order valence-corrected chi connectivity index (χ2v) is 2.90. The fourth-order valence-corrected chi connectivity index (χ4v) is 0.902. The first kappa shape index (κ1) is 10.3. The number of esters is 1. The van der Waals surface area contributed by atoms with Gasteiger partial charge in [-0.25, -0.2) is 11.4 Å². The number of nitrogens with zero attached hydrogens (tertiary/aromatic N) is 1. The van der Waals surface area contributed by atoms with Crippen molar-refractivity contribution in [2.75, 3.05) is 0 Å². The first-order valence-electron chi connectivity index (χ1n) is 4.31. The van der Waals surface area contributed by atoms with Crippen LogP contribution >= 0.6 is 0 Å². The second-order valence-electron chi connectivity index (χ2n) is 2.90. The molecule has 1 aromatic carbocycles. The van der Waals surface area contributed by atoms with Crippen LogP contribution in [0.15, 0.2) is 30.3 Å². The molecular weight excluding hydrogens is 178 g/mol. The highest BCUT2D eigenvalue weighted by molar-refractivity contribution is 5.77. The molecule has 0 radical (unpaired) electrons. The first-order chi connectivity index (χ1) is 6.74. The van der Waals surface area contributed by atoms with Crippen LogP contribution in [0.25, 0.3) is 4.85 Å². The summed E-state index contributed by atoms with van der Waals surface area (Å²) in [5.41, 5.74) is 0.929. The van der Waals surface area contributed by atoms with Gasteiger partial charge in [0.25, 0.3) is 0 Å². The average molecular weight is 189 g/mol. The largest absolute Gasteiger partial charge is 0.455 e. The van der Waals surface area contributed by atoms with Gasteiger partial charge in [-0.2, -0.15) is 0 Å². The van der Waals surface area contributed by atoms with E-state index in [1.54, 1.807) is 0 Å². The summed E-state index contributed by atoms with van der Waals surface area (Å²) in [4.78, 5) is 14.2. The van der Waals surface area contributed by atoms with Crippen LogP contribution in [0.2, 0.25) is 0 Å². The Morgan fingerprint density at radius 2 is 2.14 bits per heavy atom. The fraction of sp³-hybridized carbons (Fsp3) is 0.273. The molecule has 0 amide bonds. The fourth-order valence-electron chi connectivity index (χ4n) is 0.902. The molecule has 0 aliphatic rings. The lowest BCUT2D eigenvalue weighted by molar-refractivity contribution is -0.145. The van der Waals surface area contributed by atoms with Crippen molar-refractivity contribution in [1.82, 2.24) is 0 Å². The molecule has 0 fully saturated rings. The van der Waals surface area contributed by atoms with Crippen molar-refractivity contribution in [1.29, 1.82) is 0 Å². The summed E-state index contributed by atoms with van der Waals surface area (Å²) in [7, 11) is 0. The normalized spacial score (nSPS) is 11.4. The minimum Gasteiger partial charge on any atom is -0.455 e. The van der Waals surface area contributed by atoms with E-state index < -0.39 is 12.0 Å². The maximum atomic E-state index is 11.1. The molecule has 0 saturated heterocycles. The molecule has 1 unspecified atom stereocenters. The highest BCUT2D eigenvalue weighted by Gasteiger charge is 2.17. The Morgan fingerprint density at radius 3 is 2.71 bits per heavy atom. The van der Waals surface area contributed by atoms with Gasteiger partial charge in [0.15, 0.2) is 0 Å². The van der Waals surface area contributed by atoms with Crippen molar-refractivity contribution in [2.24, 2.45) is 0 Å². The zero-order valence-corrected chi connectivity index (χ0v) is 7.93. The average Bonchev–Trinajstić information content (AvgIpc) is 2.26. The Balaban J connectivity index is 2.43. The van der Waals surface area contributed by atoms with Gasteiger partial charge in [0.05, 0.1) is 0 Å². The van der Waals surface area contributed by atoms with E-state index >= 15 is 0 Å². The number of rotatable bonds is 3. The number of hydrogen-bond donors (Lipinski definition) is 0. The maximum Gasteiger partial charge on any atom is 0.390 e. The molecule has 0 aromatic heterocycles. The zero-order valence-electron chi connectivity index (χ0n) is 7.93. The van der Waals surface area contributed by atoms with Gasteiger partial charge in [0.1, 0.15) is 6.61 Å². The second kappa shape index (κ2) is 5.03. The lowest BCUT2D eigenvalue weighted by Crippen LogP contribution is -2.16. The van der Waals surface area contributed by atoms with Crippen LogP contribution in [-0.4, -0.2) is 12.0 Å². The lowest BCUT2D eigenvalue weighted by Gasteiger charge is -2.03. The molecule has 0 saturated carbocycles. The predicted octanol–water partition coefficient (Wildman–Crippen LogP) is 2.04. The summed E-state index contributed by atoms with van der Waals surface area (Å²) < 4.78 is 4.93. The van der Waals surface area contributed by atoms with Crippen molar-refractivity contribution in [2.45, 2.75) is 19.6 Å². The van der Waals surface area contributed by atoms with Gasteiger partial charge in [0, 0.05) is 6.92 Å². The number of hydrogen-bond acceptors (Lipinski definition) is 2. The molecular formula is C11H11NO2. The Kier molecular flexibility index (Phi) is 3.69. The van der Waals surface area contributed by atoms with E-state index in [-0.39, 0.29) is 6.61 Å². The van der Waals surface area contributed by atoms with Crippen LogP contribution in [-0.2, 0) is 16.1 Å². The molecule has 72 valence electrons. The van der Waals surface area contributed by atoms with Crippen LogP contribution in [0.1, 0.15) is 12.5 Å². The molecule has 0 N–H and O–H groups in total. The first-order valence-corrected chi connectivity index (χ1v) is 4.31. The third-order valence-electron chi connectivity index (χ3n) is 1.76. The molecule has 0 aliphatic carbocycles. The van der Waals surface area contributed by atoms with Crippen LogP contribution in [0, 0.1) is 6.57 Å². The molecule has 1 aromatic rings. The molecule has 3 nitrogen and oxygen atoms in total. The Bertz CT molecular complexity index is 340. The van der Waals surface area contributed by atoms with E-state index in [0.717, 1.165) is 5.56 Å². The van der Waals surface area contributed by atoms with Crippen LogP contribution in [0.3, 0.4) is 0 Å². The molecule has 0 aliphatic heterocycles. The van der Waals surface area contributed by atoms with Gasteiger partial charge in [-0.3, -0.25) is 0 Å². The number of ether oxygens (including phenoxy) is 1. The van der Waals surface area contributed by atoms with Crippen molar-refractivity contribution < 1.29 is 9.53 Å². The van der Waals surface area contributed by atoms with E-state index in [9.17, 15) is 4.79 Å². The maximum absolute atomic E-state index is 11.1. The minimum absolute atomic E-state index is 0.236. The van der Waals surface area contributed by atoms with E-state index in [2.05, 4.69) is 4.85 Å². The third-order valence-corrected chi connectivity index (χ3v) is 1.76. The quantitative estimate of drug-likeness (QED) is 0.538. The standard InChI is InChI=1S/C11H11NO2/c1-9(12-2)11(13)14-8-10-6-4-3-5-7-10/h3-7,9H,8H2,1H3. The smallest absolute Gasteiger partial charge is 0.390 e.